The number of benzene rings is 2. The van der Waals surface area contributed by atoms with Crippen LogP contribution in [0.1, 0.15) is 22.8 Å². The van der Waals surface area contributed by atoms with E-state index < -0.39 is 11.3 Å². The first-order chi connectivity index (χ1) is 11.5. The minimum absolute atomic E-state index is 0.0227. The molecule has 0 unspecified atom stereocenters. The summed E-state index contributed by atoms with van der Waals surface area (Å²) in [6, 6.07) is 13.2. The van der Waals surface area contributed by atoms with Gasteiger partial charge >= 0.3 is 0 Å². The van der Waals surface area contributed by atoms with Crippen molar-refractivity contribution in [1.82, 2.24) is 4.57 Å². The second-order valence-corrected chi connectivity index (χ2v) is 5.56. The highest BCUT2D eigenvalue weighted by Crippen LogP contribution is 2.27. The molecule has 0 atom stereocenters. The SMILES string of the molecule is CCn1c(=O)c(C(=O)Cc2ccc(O)cc2)c(O)c2ccccc21. The number of fused-ring (bicyclic) bond motifs is 1. The number of ketones is 1. The van der Waals surface area contributed by atoms with Crippen LogP contribution in [-0.2, 0) is 13.0 Å². The lowest BCUT2D eigenvalue weighted by Gasteiger charge is -2.13. The van der Waals surface area contributed by atoms with Gasteiger partial charge in [-0.15, -0.1) is 0 Å². The number of phenols is 1. The number of hydrogen-bond acceptors (Lipinski definition) is 4. The molecule has 0 amide bonds. The Kier molecular flexibility index (Phi) is 4.08. The zero-order chi connectivity index (χ0) is 17.3. The predicted molar refractivity (Wildman–Crippen MR) is 91.7 cm³/mol. The van der Waals surface area contributed by atoms with Gasteiger partial charge in [-0.05, 0) is 36.8 Å². The summed E-state index contributed by atoms with van der Waals surface area (Å²) in [5, 5.41) is 20.3. The normalized spacial score (nSPS) is 10.9. The summed E-state index contributed by atoms with van der Waals surface area (Å²) >= 11 is 0. The van der Waals surface area contributed by atoms with Crippen molar-refractivity contribution >= 4 is 16.7 Å². The van der Waals surface area contributed by atoms with E-state index >= 15 is 0 Å². The first-order valence-corrected chi connectivity index (χ1v) is 7.68. The average molecular weight is 323 g/mol. The maximum atomic E-state index is 12.7. The molecule has 1 heterocycles. The molecule has 1 aromatic heterocycles. The number of aromatic hydroxyl groups is 2. The Morgan fingerprint density at radius 3 is 2.38 bits per heavy atom. The molecule has 0 radical (unpaired) electrons. The molecule has 0 bridgehead atoms. The van der Waals surface area contributed by atoms with Crippen LogP contribution in [0.2, 0.25) is 0 Å². The molecule has 5 heteroatoms. The highest BCUT2D eigenvalue weighted by molar-refractivity contribution is 6.04. The van der Waals surface area contributed by atoms with E-state index in [0.717, 1.165) is 0 Å². The predicted octanol–water partition coefficient (Wildman–Crippen LogP) is 2.86. The van der Waals surface area contributed by atoms with Crippen LogP contribution < -0.4 is 5.56 Å². The zero-order valence-corrected chi connectivity index (χ0v) is 13.2. The quantitative estimate of drug-likeness (QED) is 0.724. The number of phenolic OH excluding ortho intramolecular Hbond substituents is 1. The standard InChI is InChI=1S/C19H17NO4/c1-2-20-15-6-4-3-5-14(15)18(23)17(19(20)24)16(22)11-12-7-9-13(21)10-8-12/h3-10,21,23H,2,11H2,1H3. The van der Waals surface area contributed by atoms with Gasteiger partial charge < -0.3 is 14.8 Å². The van der Waals surface area contributed by atoms with Crippen molar-refractivity contribution in [2.75, 3.05) is 0 Å². The molecule has 0 saturated heterocycles. The molecule has 24 heavy (non-hydrogen) atoms. The van der Waals surface area contributed by atoms with Crippen LogP contribution in [0, 0.1) is 0 Å². The van der Waals surface area contributed by atoms with Crippen molar-refractivity contribution in [2.45, 2.75) is 19.9 Å². The Labute approximate surface area is 138 Å². The van der Waals surface area contributed by atoms with Crippen molar-refractivity contribution in [1.29, 1.82) is 0 Å². The lowest BCUT2D eigenvalue weighted by Crippen LogP contribution is -2.27. The molecule has 0 aliphatic rings. The molecule has 3 aromatic rings. The number of Topliss-reactive ketones (excluding diaryl/α,β-unsaturated/α-hetero) is 1. The van der Waals surface area contributed by atoms with Crippen LogP contribution in [0.25, 0.3) is 10.9 Å². The van der Waals surface area contributed by atoms with Gasteiger partial charge in [0.25, 0.3) is 5.56 Å². The Balaban J connectivity index is 2.13. The molecule has 0 spiro atoms. The van der Waals surface area contributed by atoms with E-state index in [4.69, 9.17) is 0 Å². The first kappa shape index (κ1) is 15.8. The van der Waals surface area contributed by atoms with Crippen molar-refractivity contribution in [3.8, 4) is 11.5 Å². The number of rotatable bonds is 4. The molecule has 0 saturated carbocycles. The Hall–Kier alpha value is -3.08. The fourth-order valence-electron chi connectivity index (χ4n) is 2.84. The largest absolute Gasteiger partial charge is 0.508 e. The first-order valence-electron chi connectivity index (χ1n) is 7.68. The van der Waals surface area contributed by atoms with Gasteiger partial charge in [0.05, 0.1) is 5.52 Å². The van der Waals surface area contributed by atoms with E-state index in [1.54, 1.807) is 36.4 Å². The van der Waals surface area contributed by atoms with Gasteiger partial charge in [0.1, 0.15) is 17.1 Å². The molecular formula is C19H17NO4. The minimum atomic E-state index is -0.488. The van der Waals surface area contributed by atoms with Gasteiger partial charge in [-0.2, -0.15) is 0 Å². The summed E-state index contributed by atoms with van der Waals surface area (Å²) < 4.78 is 1.49. The van der Waals surface area contributed by atoms with E-state index in [1.165, 1.54) is 16.7 Å². The molecule has 0 fully saturated rings. The van der Waals surface area contributed by atoms with Crippen LogP contribution in [0.3, 0.4) is 0 Å². The summed E-state index contributed by atoms with van der Waals surface area (Å²) in [7, 11) is 0. The monoisotopic (exact) mass is 323 g/mol. The van der Waals surface area contributed by atoms with Crippen molar-refractivity contribution < 1.29 is 15.0 Å². The number of carbonyl (C=O) groups is 1. The molecule has 0 aliphatic heterocycles. The van der Waals surface area contributed by atoms with Crippen molar-refractivity contribution in [2.24, 2.45) is 0 Å². The van der Waals surface area contributed by atoms with Gasteiger partial charge in [0.2, 0.25) is 0 Å². The lowest BCUT2D eigenvalue weighted by molar-refractivity contribution is 0.0988. The summed E-state index contributed by atoms with van der Waals surface area (Å²) in [4.78, 5) is 25.3. The molecule has 122 valence electrons. The van der Waals surface area contributed by atoms with Gasteiger partial charge in [-0.1, -0.05) is 24.3 Å². The van der Waals surface area contributed by atoms with Crippen molar-refractivity contribution in [3.63, 3.8) is 0 Å². The molecule has 2 aromatic carbocycles. The number of nitrogens with zero attached hydrogens (tertiary/aromatic N) is 1. The van der Waals surface area contributed by atoms with Crippen LogP contribution in [0.4, 0.5) is 0 Å². The highest BCUT2D eigenvalue weighted by Gasteiger charge is 2.21. The molecule has 2 N–H and O–H groups in total. The third-order valence-corrected chi connectivity index (χ3v) is 4.04. The van der Waals surface area contributed by atoms with Crippen LogP contribution in [-0.4, -0.2) is 20.6 Å². The number of pyridine rings is 1. The molecule has 5 nitrogen and oxygen atoms in total. The minimum Gasteiger partial charge on any atom is -0.508 e. The van der Waals surface area contributed by atoms with Crippen LogP contribution in [0.15, 0.2) is 53.3 Å². The number of aryl methyl sites for hydroxylation is 1. The van der Waals surface area contributed by atoms with Crippen molar-refractivity contribution in [3.05, 3.63) is 70.0 Å². The van der Waals surface area contributed by atoms with E-state index in [0.29, 0.717) is 23.0 Å². The summed E-state index contributed by atoms with van der Waals surface area (Å²) in [6.07, 6.45) is -0.0227. The Bertz CT molecular complexity index is 971. The number of hydrogen-bond donors (Lipinski definition) is 2. The molecule has 3 rings (SSSR count). The van der Waals surface area contributed by atoms with E-state index in [1.807, 2.05) is 6.92 Å². The van der Waals surface area contributed by atoms with Gasteiger partial charge in [-0.25, -0.2) is 0 Å². The Morgan fingerprint density at radius 1 is 1.04 bits per heavy atom. The number of para-hydroxylation sites is 1. The fourth-order valence-corrected chi connectivity index (χ4v) is 2.84. The van der Waals surface area contributed by atoms with Gasteiger partial charge in [-0.3, -0.25) is 9.59 Å². The second-order valence-electron chi connectivity index (χ2n) is 5.56. The second kappa shape index (κ2) is 6.20. The summed E-state index contributed by atoms with van der Waals surface area (Å²) in [6.45, 7) is 2.22. The summed E-state index contributed by atoms with van der Waals surface area (Å²) in [5.41, 5.74) is 0.581. The van der Waals surface area contributed by atoms with Gasteiger partial charge in [0.15, 0.2) is 5.78 Å². The topological polar surface area (TPSA) is 79.5 Å². The number of aromatic nitrogens is 1. The lowest BCUT2D eigenvalue weighted by atomic mass is 10.0. The third-order valence-electron chi connectivity index (χ3n) is 4.04. The molecular weight excluding hydrogens is 306 g/mol. The maximum absolute atomic E-state index is 12.7. The number of carbonyl (C=O) groups excluding carboxylic acids is 1. The summed E-state index contributed by atoms with van der Waals surface area (Å²) in [5.74, 6) is -0.617. The average Bonchev–Trinajstić information content (AvgIpc) is 2.57. The fraction of sp³-hybridized carbons (Fsp3) is 0.158. The van der Waals surface area contributed by atoms with Crippen LogP contribution >= 0.6 is 0 Å². The zero-order valence-electron chi connectivity index (χ0n) is 13.2. The smallest absolute Gasteiger partial charge is 0.265 e. The van der Waals surface area contributed by atoms with Crippen LogP contribution in [0.5, 0.6) is 11.5 Å². The van der Waals surface area contributed by atoms with E-state index in [-0.39, 0.29) is 23.5 Å². The Morgan fingerprint density at radius 2 is 1.71 bits per heavy atom. The third kappa shape index (κ3) is 2.65. The van der Waals surface area contributed by atoms with Gasteiger partial charge in [0, 0.05) is 18.4 Å². The maximum Gasteiger partial charge on any atom is 0.265 e. The van der Waals surface area contributed by atoms with E-state index in [9.17, 15) is 19.8 Å². The van der Waals surface area contributed by atoms with E-state index in [2.05, 4.69) is 0 Å². The molecule has 0 aliphatic carbocycles. The highest BCUT2D eigenvalue weighted by atomic mass is 16.3.